The van der Waals surface area contributed by atoms with E-state index in [4.69, 9.17) is 0 Å². The van der Waals surface area contributed by atoms with E-state index < -0.39 is 20.8 Å². The Morgan fingerprint density at radius 3 is 1.84 bits per heavy atom. The van der Waals surface area contributed by atoms with Crippen LogP contribution in [0.15, 0.2) is 21.1 Å². The summed E-state index contributed by atoms with van der Waals surface area (Å²) in [5.74, 6) is 0.727. The first-order valence-electron chi connectivity index (χ1n) is 7.15. The van der Waals surface area contributed by atoms with Crippen molar-refractivity contribution in [1.82, 2.24) is 8.66 Å². The van der Waals surface area contributed by atoms with Gasteiger partial charge in [-0.05, 0) is 0 Å². The van der Waals surface area contributed by atoms with Gasteiger partial charge in [0.1, 0.15) is 0 Å². The molecule has 0 aliphatic heterocycles. The molecule has 0 amide bonds. The molecule has 0 aromatic rings. The van der Waals surface area contributed by atoms with Crippen LogP contribution in [0.5, 0.6) is 0 Å². The second-order valence-electron chi connectivity index (χ2n) is 6.53. The minimum atomic E-state index is -2.96. The molecule has 0 aromatic heterocycles. The zero-order chi connectivity index (χ0) is 14.8. The van der Waals surface area contributed by atoms with Crippen LogP contribution in [0, 0.1) is 5.92 Å². The van der Waals surface area contributed by atoms with Crippen molar-refractivity contribution in [3.05, 3.63) is 21.1 Å². The summed E-state index contributed by atoms with van der Waals surface area (Å²) in [6.07, 6.45) is 7.10. The molecular formula is C15H31HfN3. The molecule has 0 saturated heterocycles. The normalized spacial score (nSPS) is 16.8. The Morgan fingerprint density at radius 2 is 1.47 bits per heavy atom. The Hall–Kier alpha value is 0.230. The molecule has 0 bridgehead atoms. The third-order valence-corrected chi connectivity index (χ3v) is 22.2. The molecule has 110 valence electrons. The van der Waals surface area contributed by atoms with Crippen molar-refractivity contribution < 1.29 is 20.8 Å². The molecule has 0 spiro atoms. The SMILES string of the molecule is CC(C)CC1=[C]([Hf]([N](C)C)([N](C)C)[N](C)C)CC=C1. The van der Waals surface area contributed by atoms with Crippen molar-refractivity contribution >= 4 is 0 Å². The quantitative estimate of drug-likeness (QED) is 0.599. The van der Waals surface area contributed by atoms with Crippen LogP contribution < -0.4 is 0 Å². The van der Waals surface area contributed by atoms with Gasteiger partial charge in [0.2, 0.25) is 0 Å². The van der Waals surface area contributed by atoms with Gasteiger partial charge in [0.25, 0.3) is 0 Å². The van der Waals surface area contributed by atoms with Gasteiger partial charge >= 0.3 is 125 Å². The Balaban J connectivity index is 3.32. The summed E-state index contributed by atoms with van der Waals surface area (Å²) in [7, 11) is 13.6. The summed E-state index contributed by atoms with van der Waals surface area (Å²) >= 11 is -2.96. The summed E-state index contributed by atoms with van der Waals surface area (Å²) in [5.41, 5.74) is 1.60. The summed E-state index contributed by atoms with van der Waals surface area (Å²) in [6, 6.07) is 0. The van der Waals surface area contributed by atoms with Crippen LogP contribution in [-0.2, 0) is 20.8 Å². The van der Waals surface area contributed by atoms with Crippen LogP contribution in [0.2, 0.25) is 0 Å². The predicted molar refractivity (Wildman–Crippen MR) is 81.3 cm³/mol. The van der Waals surface area contributed by atoms with E-state index in [-0.39, 0.29) is 0 Å². The minimum absolute atomic E-state index is 0.727. The van der Waals surface area contributed by atoms with Gasteiger partial charge in [-0.1, -0.05) is 0 Å². The van der Waals surface area contributed by atoms with E-state index in [1.165, 1.54) is 6.42 Å². The predicted octanol–water partition coefficient (Wildman–Crippen LogP) is 2.83. The summed E-state index contributed by atoms with van der Waals surface area (Å²) in [5, 5.41) is 0. The molecule has 1 aliphatic carbocycles. The molecule has 0 atom stereocenters. The standard InChI is InChI=1S/C9H13.3C2H6N.Hf/c1-8(2)7-9-5-3-4-6-9;3*1-3-2;/h3,5,8H,4,7H2,1-2H3;3*1-2H3;/q;3*-1;+3. The van der Waals surface area contributed by atoms with Crippen molar-refractivity contribution in [2.24, 2.45) is 5.92 Å². The molecule has 0 saturated carbocycles. The molecule has 0 heterocycles. The van der Waals surface area contributed by atoms with Gasteiger partial charge < -0.3 is 0 Å². The van der Waals surface area contributed by atoms with Crippen LogP contribution in [0.25, 0.3) is 0 Å². The molecule has 1 aliphatic rings. The number of hydrogen-bond donors (Lipinski definition) is 0. The second-order valence-corrected chi connectivity index (χ2v) is 22.9. The van der Waals surface area contributed by atoms with E-state index in [1.54, 1.807) is 8.90 Å². The molecule has 3 nitrogen and oxygen atoms in total. The maximum absolute atomic E-state index is 2.96. The van der Waals surface area contributed by atoms with Crippen LogP contribution >= 0.6 is 0 Å². The van der Waals surface area contributed by atoms with Gasteiger partial charge in [-0.3, -0.25) is 0 Å². The fourth-order valence-electron chi connectivity index (χ4n) is 3.54. The molecule has 0 fully saturated rings. The fraction of sp³-hybridized carbons (Fsp3) is 0.733. The molecular weight excluding hydrogens is 401 g/mol. The second kappa shape index (κ2) is 6.79. The number of hydrogen-bond acceptors (Lipinski definition) is 3. The molecule has 0 radical (unpaired) electrons. The van der Waals surface area contributed by atoms with Gasteiger partial charge in [0.05, 0.1) is 0 Å². The Kier molecular flexibility index (Phi) is 6.18. The first-order valence-corrected chi connectivity index (χ1v) is 13.8. The van der Waals surface area contributed by atoms with Gasteiger partial charge in [-0.25, -0.2) is 0 Å². The zero-order valence-electron chi connectivity index (χ0n) is 14.0. The van der Waals surface area contributed by atoms with E-state index in [2.05, 4.69) is 76.9 Å². The van der Waals surface area contributed by atoms with Crippen molar-refractivity contribution in [2.75, 3.05) is 42.3 Å². The maximum atomic E-state index is 2.54. The fourth-order valence-corrected chi connectivity index (χ4v) is 21.6. The van der Waals surface area contributed by atoms with Gasteiger partial charge in [-0.15, -0.1) is 0 Å². The Bertz CT molecular complexity index is 346. The van der Waals surface area contributed by atoms with Crippen LogP contribution in [0.1, 0.15) is 26.7 Å². The Labute approximate surface area is 125 Å². The summed E-state index contributed by atoms with van der Waals surface area (Å²) in [4.78, 5) is 0. The van der Waals surface area contributed by atoms with Crippen LogP contribution in [0.4, 0.5) is 0 Å². The third kappa shape index (κ3) is 3.29. The number of allylic oxidation sites excluding steroid dienone is 4. The van der Waals surface area contributed by atoms with Gasteiger partial charge in [0, 0.05) is 0 Å². The topological polar surface area (TPSA) is 9.72 Å². The molecule has 0 aromatic carbocycles. The average Bonchev–Trinajstić information content (AvgIpc) is 2.64. The molecule has 0 N–H and O–H groups in total. The van der Waals surface area contributed by atoms with E-state index in [9.17, 15) is 0 Å². The van der Waals surface area contributed by atoms with Crippen molar-refractivity contribution in [3.63, 3.8) is 0 Å². The van der Waals surface area contributed by atoms with E-state index in [0.717, 1.165) is 12.3 Å². The van der Waals surface area contributed by atoms with Gasteiger partial charge in [-0.2, -0.15) is 0 Å². The van der Waals surface area contributed by atoms with Crippen molar-refractivity contribution in [1.29, 1.82) is 0 Å². The molecule has 1 rings (SSSR count). The molecule has 4 heteroatoms. The van der Waals surface area contributed by atoms with E-state index >= 15 is 0 Å². The zero-order valence-corrected chi connectivity index (χ0v) is 17.6. The summed E-state index contributed by atoms with van der Waals surface area (Å²) < 4.78 is 9.35. The monoisotopic (exact) mass is 433 g/mol. The third-order valence-electron chi connectivity index (χ3n) is 3.93. The molecule has 0 unspecified atom stereocenters. The van der Waals surface area contributed by atoms with Crippen LogP contribution in [0.3, 0.4) is 0 Å². The number of nitrogens with zero attached hydrogens (tertiary/aromatic N) is 3. The van der Waals surface area contributed by atoms with Gasteiger partial charge in [0.15, 0.2) is 0 Å². The number of rotatable bonds is 6. The Morgan fingerprint density at radius 1 is 1.00 bits per heavy atom. The van der Waals surface area contributed by atoms with E-state index in [0.29, 0.717) is 0 Å². The first-order chi connectivity index (χ1) is 8.74. The van der Waals surface area contributed by atoms with Crippen LogP contribution in [-0.4, -0.2) is 50.9 Å². The van der Waals surface area contributed by atoms with E-state index in [1.807, 2.05) is 0 Å². The molecule has 19 heavy (non-hydrogen) atoms. The summed E-state index contributed by atoms with van der Waals surface area (Å²) in [6.45, 7) is 4.63. The average molecular weight is 432 g/mol. The van der Waals surface area contributed by atoms with Crippen molar-refractivity contribution in [2.45, 2.75) is 26.7 Å². The van der Waals surface area contributed by atoms with Crippen molar-refractivity contribution in [3.8, 4) is 0 Å². The first kappa shape index (κ1) is 17.3.